The van der Waals surface area contributed by atoms with Gasteiger partial charge in [0.1, 0.15) is 11.5 Å². The maximum absolute atomic E-state index is 5.89. The van der Waals surface area contributed by atoms with Crippen LogP contribution >= 0.6 is 0 Å². The number of nitrogens with one attached hydrogen (secondary N) is 1. The lowest BCUT2D eigenvalue weighted by molar-refractivity contribution is 0.399. The summed E-state index contributed by atoms with van der Waals surface area (Å²) >= 11 is 0. The minimum absolute atomic E-state index is 0.582. The average Bonchev–Trinajstić information content (AvgIpc) is 2.78. The number of hydrogen-bond donors (Lipinski definition) is 2. The van der Waals surface area contributed by atoms with Crippen LogP contribution in [-0.2, 0) is 0 Å². The maximum atomic E-state index is 5.89. The Kier molecular flexibility index (Phi) is 3.14. The van der Waals surface area contributed by atoms with Crippen LogP contribution in [0.2, 0.25) is 0 Å². The molecule has 0 unspecified atom stereocenters. The Hall–Kier alpha value is -2.17. The van der Waals surface area contributed by atoms with E-state index in [-0.39, 0.29) is 0 Å². The molecule has 0 radical (unpaired) electrons. The number of hydrogen-bond acceptors (Lipinski definition) is 4. The maximum Gasteiger partial charge on any atom is 0.131 e. The molecule has 1 heterocycles. The molecule has 3 N–H and O–H groups in total. The largest absolute Gasteiger partial charge is 0.496 e. The molecule has 0 saturated carbocycles. The second-order valence-corrected chi connectivity index (χ2v) is 4.11. The van der Waals surface area contributed by atoms with E-state index in [0.29, 0.717) is 5.69 Å². The summed E-state index contributed by atoms with van der Waals surface area (Å²) in [6.07, 6.45) is 1.58. The Labute approximate surface area is 106 Å². The van der Waals surface area contributed by atoms with Crippen molar-refractivity contribution < 1.29 is 9.47 Å². The molecule has 2 aromatic rings. The number of anilines is 1. The van der Waals surface area contributed by atoms with Crippen LogP contribution in [-0.4, -0.2) is 24.4 Å². The summed E-state index contributed by atoms with van der Waals surface area (Å²) in [6.45, 7) is 3.99. The van der Waals surface area contributed by atoms with Crippen molar-refractivity contribution >= 4 is 5.69 Å². The van der Waals surface area contributed by atoms with E-state index >= 15 is 0 Å². The lowest BCUT2D eigenvalue weighted by atomic mass is 10.0. The number of nitrogen functional groups attached to an aromatic ring is 1. The van der Waals surface area contributed by atoms with Gasteiger partial charge in [0, 0.05) is 5.56 Å². The van der Waals surface area contributed by atoms with Gasteiger partial charge in [0.05, 0.1) is 31.8 Å². The molecule has 96 valence electrons. The van der Waals surface area contributed by atoms with E-state index in [9.17, 15) is 0 Å². The second kappa shape index (κ2) is 4.60. The highest BCUT2D eigenvalue weighted by molar-refractivity contribution is 5.80. The molecule has 1 aromatic heterocycles. The molecule has 0 aliphatic rings. The Bertz CT molecular complexity index is 576. The van der Waals surface area contributed by atoms with E-state index < -0.39 is 0 Å². The summed E-state index contributed by atoms with van der Waals surface area (Å²) in [6, 6.07) is 1.91. The number of aromatic nitrogens is 2. The third-order valence-corrected chi connectivity index (χ3v) is 3.15. The molecule has 0 atom stereocenters. The molecule has 1 aromatic carbocycles. The summed E-state index contributed by atoms with van der Waals surface area (Å²) in [5.74, 6) is 1.58. The van der Waals surface area contributed by atoms with Gasteiger partial charge in [-0.1, -0.05) is 0 Å². The number of rotatable bonds is 3. The van der Waals surface area contributed by atoms with Crippen LogP contribution in [0.25, 0.3) is 11.3 Å². The first-order valence-corrected chi connectivity index (χ1v) is 5.61. The van der Waals surface area contributed by atoms with Crippen molar-refractivity contribution in [3.63, 3.8) is 0 Å². The first-order valence-electron chi connectivity index (χ1n) is 5.61. The fraction of sp³-hybridized carbons (Fsp3) is 0.308. The first kappa shape index (κ1) is 12.3. The van der Waals surface area contributed by atoms with Gasteiger partial charge >= 0.3 is 0 Å². The summed E-state index contributed by atoms with van der Waals surface area (Å²) in [7, 11) is 3.29. The van der Waals surface area contributed by atoms with Crippen molar-refractivity contribution in [2.75, 3.05) is 20.0 Å². The number of methoxy groups -OCH3 is 2. The molecule has 5 heteroatoms. The van der Waals surface area contributed by atoms with E-state index in [4.69, 9.17) is 15.2 Å². The van der Waals surface area contributed by atoms with Gasteiger partial charge in [-0.2, -0.15) is 5.10 Å². The van der Waals surface area contributed by atoms with Crippen molar-refractivity contribution in [3.8, 4) is 22.8 Å². The molecular weight excluding hydrogens is 230 g/mol. The van der Waals surface area contributed by atoms with Gasteiger partial charge in [-0.15, -0.1) is 0 Å². The zero-order valence-corrected chi connectivity index (χ0v) is 11.0. The Morgan fingerprint density at radius 1 is 1.17 bits per heavy atom. The third-order valence-electron chi connectivity index (χ3n) is 3.15. The topological polar surface area (TPSA) is 73.2 Å². The van der Waals surface area contributed by atoms with Crippen LogP contribution in [0.5, 0.6) is 11.5 Å². The van der Waals surface area contributed by atoms with E-state index in [1.54, 1.807) is 20.4 Å². The summed E-state index contributed by atoms with van der Waals surface area (Å²) in [5.41, 5.74) is 10.1. The van der Waals surface area contributed by atoms with Gasteiger partial charge < -0.3 is 15.2 Å². The van der Waals surface area contributed by atoms with E-state index in [2.05, 4.69) is 10.2 Å². The standard InChI is InChI=1S/C13H17N3O2/c1-7-8(2)13(18-4)9(5-11(7)17-3)12-10(14)6-15-16-12/h5-6H,14H2,1-4H3,(H,15,16). The number of benzene rings is 1. The van der Waals surface area contributed by atoms with Crippen LogP contribution in [0.1, 0.15) is 11.1 Å². The van der Waals surface area contributed by atoms with Crippen molar-refractivity contribution in [2.24, 2.45) is 0 Å². The van der Waals surface area contributed by atoms with E-state index in [1.165, 1.54) is 0 Å². The van der Waals surface area contributed by atoms with Crippen LogP contribution in [0.15, 0.2) is 12.3 Å². The van der Waals surface area contributed by atoms with Crippen LogP contribution in [0.4, 0.5) is 5.69 Å². The second-order valence-electron chi connectivity index (χ2n) is 4.11. The number of H-pyrrole nitrogens is 1. The SMILES string of the molecule is COc1cc(-c2[nH]ncc2N)c(OC)c(C)c1C. The fourth-order valence-electron chi connectivity index (χ4n) is 2.03. The number of nitrogens with two attached hydrogens (primary N) is 1. The fourth-order valence-corrected chi connectivity index (χ4v) is 2.03. The Morgan fingerprint density at radius 3 is 2.39 bits per heavy atom. The number of ether oxygens (including phenoxy) is 2. The van der Waals surface area contributed by atoms with Gasteiger partial charge in [-0.25, -0.2) is 0 Å². The number of aromatic amines is 1. The summed E-state index contributed by atoms with van der Waals surface area (Å²) in [4.78, 5) is 0. The minimum atomic E-state index is 0.582. The van der Waals surface area contributed by atoms with Crippen molar-refractivity contribution in [3.05, 3.63) is 23.4 Å². The molecule has 18 heavy (non-hydrogen) atoms. The molecular formula is C13H17N3O2. The van der Waals surface area contributed by atoms with Gasteiger partial charge in [-0.3, -0.25) is 5.10 Å². The Balaban J connectivity index is 2.74. The van der Waals surface area contributed by atoms with Crippen molar-refractivity contribution in [2.45, 2.75) is 13.8 Å². The average molecular weight is 247 g/mol. The molecule has 0 aliphatic heterocycles. The monoisotopic (exact) mass is 247 g/mol. The predicted molar refractivity (Wildman–Crippen MR) is 71.0 cm³/mol. The smallest absolute Gasteiger partial charge is 0.131 e. The zero-order chi connectivity index (χ0) is 13.3. The summed E-state index contributed by atoms with van der Waals surface area (Å²) in [5, 5.41) is 6.82. The summed E-state index contributed by atoms with van der Waals surface area (Å²) < 4.78 is 10.8. The highest BCUT2D eigenvalue weighted by atomic mass is 16.5. The van der Waals surface area contributed by atoms with Crippen molar-refractivity contribution in [1.82, 2.24) is 10.2 Å². The first-order chi connectivity index (χ1) is 8.60. The van der Waals surface area contributed by atoms with Crippen LogP contribution < -0.4 is 15.2 Å². The van der Waals surface area contributed by atoms with Gasteiger partial charge in [-0.05, 0) is 31.0 Å². The quantitative estimate of drug-likeness (QED) is 0.872. The highest BCUT2D eigenvalue weighted by Gasteiger charge is 2.17. The lowest BCUT2D eigenvalue weighted by Gasteiger charge is -2.16. The van der Waals surface area contributed by atoms with Crippen molar-refractivity contribution in [1.29, 1.82) is 0 Å². The highest BCUT2D eigenvalue weighted by Crippen LogP contribution is 2.40. The Morgan fingerprint density at radius 2 is 1.89 bits per heavy atom. The van der Waals surface area contributed by atoms with Crippen LogP contribution in [0.3, 0.4) is 0 Å². The molecule has 0 saturated heterocycles. The molecule has 5 nitrogen and oxygen atoms in total. The molecule has 2 rings (SSSR count). The molecule has 0 amide bonds. The molecule has 0 fully saturated rings. The van der Waals surface area contributed by atoms with E-state index in [0.717, 1.165) is 33.9 Å². The predicted octanol–water partition coefficient (Wildman–Crippen LogP) is 2.29. The zero-order valence-electron chi connectivity index (χ0n) is 11.0. The van der Waals surface area contributed by atoms with Crippen LogP contribution in [0, 0.1) is 13.8 Å². The lowest BCUT2D eigenvalue weighted by Crippen LogP contribution is -1.99. The normalized spacial score (nSPS) is 10.4. The van der Waals surface area contributed by atoms with E-state index in [1.807, 2.05) is 19.9 Å². The van der Waals surface area contributed by atoms with Gasteiger partial charge in [0.15, 0.2) is 0 Å². The molecule has 0 spiro atoms. The van der Waals surface area contributed by atoms with Gasteiger partial charge in [0.2, 0.25) is 0 Å². The molecule has 0 bridgehead atoms. The molecule has 0 aliphatic carbocycles. The third kappa shape index (κ3) is 1.77. The number of nitrogens with zero attached hydrogens (tertiary/aromatic N) is 1. The minimum Gasteiger partial charge on any atom is -0.496 e. The van der Waals surface area contributed by atoms with Gasteiger partial charge in [0.25, 0.3) is 0 Å².